The molecule has 0 fully saturated rings. The minimum Gasteiger partial charge on any atom is -0.507 e. The lowest BCUT2D eigenvalue weighted by atomic mass is 9.89. The van der Waals surface area contributed by atoms with Gasteiger partial charge in [-0.3, -0.25) is 15.5 Å². The molecule has 0 bridgehead atoms. The smallest absolute Gasteiger partial charge is 0.269 e. The van der Waals surface area contributed by atoms with E-state index >= 15 is 0 Å². The van der Waals surface area contributed by atoms with Crippen LogP contribution in [0.2, 0.25) is 0 Å². The number of phenolic OH excluding ortho intramolecular Hbond substituents is 1. The third-order valence-corrected chi connectivity index (χ3v) is 5.00. The number of hydrogen-bond acceptors (Lipinski definition) is 6. The van der Waals surface area contributed by atoms with E-state index in [0.29, 0.717) is 17.0 Å². The van der Waals surface area contributed by atoms with Gasteiger partial charge in [-0.1, -0.05) is 0 Å². The number of nitrogens with one attached hydrogen (secondary N) is 1. The highest BCUT2D eigenvalue weighted by Gasteiger charge is 2.27. The third kappa shape index (κ3) is 2.96. The average molecular weight is 352 g/mol. The Kier molecular flexibility index (Phi) is 4.20. The Morgan fingerprint density at radius 1 is 1.19 bits per heavy atom. The summed E-state index contributed by atoms with van der Waals surface area (Å²) < 4.78 is 0. The monoisotopic (exact) mass is 352 g/mol. The molecule has 0 saturated heterocycles. The highest BCUT2D eigenvalue weighted by atomic mass is 16.6. The van der Waals surface area contributed by atoms with Crippen LogP contribution in [-0.2, 0) is 12.8 Å². The largest absolute Gasteiger partial charge is 0.507 e. The van der Waals surface area contributed by atoms with Gasteiger partial charge in [0, 0.05) is 42.0 Å². The van der Waals surface area contributed by atoms with Gasteiger partial charge in [-0.05, 0) is 49.4 Å². The molecule has 0 spiro atoms. The zero-order valence-electron chi connectivity index (χ0n) is 14.3. The van der Waals surface area contributed by atoms with Crippen molar-refractivity contribution < 1.29 is 10.0 Å². The fourth-order valence-electron chi connectivity index (χ4n) is 3.80. The number of nitrogens with zero attached hydrogens (tertiary/aromatic N) is 3. The van der Waals surface area contributed by atoms with Crippen molar-refractivity contribution in [2.24, 2.45) is 5.10 Å². The molecule has 26 heavy (non-hydrogen) atoms. The molecule has 0 saturated carbocycles. The quantitative estimate of drug-likeness (QED) is 0.500. The highest BCUT2D eigenvalue weighted by molar-refractivity contribution is 5.88. The van der Waals surface area contributed by atoms with E-state index < -0.39 is 4.92 Å². The molecule has 0 unspecified atom stereocenters. The van der Waals surface area contributed by atoms with Crippen LogP contribution in [0, 0.1) is 10.1 Å². The molecular formula is C19H20N4O3. The molecule has 2 aliphatic rings. The molecule has 2 aromatic rings. The molecule has 0 aliphatic carbocycles. The molecule has 2 N–H and O–H groups in total. The fourth-order valence-corrected chi connectivity index (χ4v) is 3.80. The second kappa shape index (κ2) is 6.67. The van der Waals surface area contributed by atoms with Crippen molar-refractivity contribution in [1.29, 1.82) is 0 Å². The second-order valence-corrected chi connectivity index (χ2v) is 6.67. The first-order valence-corrected chi connectivity index (χ1v) is 8.79. The maximum Gasteiger partial charge on any atom is 0.269 e. The lowest BCUT2D eigenvalue weighted by molar-refractivity contribution is -0.384. The van der Waals surface area contributed by atoms with E-state index in [1.165, 1.54) is 23.4 Å². The molecule has 2 heterocycles. The molecule has 2 aliphatic heterocycles. The number of hydrazone groups is 1. The Balaban J connectivity index is 1.56. The Bertz CT molecular complexity index is 875. The lowest BCUT2D eigenvalue weighted by Gasteiger charge is -2.37. The molecule has 7 heteroatoms. The first-order chi connectivity index (χ1) is 12.6. The predicted octanol–water partition coefficient (Wildman–Crippen LogP) is 3.45. The molecule has 2 aromatic carbocycles. The van der Waals surface area contributed by atoms with E-state index in [1.807, 2.05) is 6.07 Å². The first kappa shape index (κ1) is 16.4. The first-order valence-electron chi connectivity index (χ1n) is 8.79. The van der Waals surface area contributed by atoms with Crippen LogP contribution < -0.4 is 10.3 Å². The predicted molar refractivity (Wildman–Crippen MR) is 101 cm³/mol. The van der Waals surface area contributed by atoms with E-state index in [9.17, 15) is 15.2 Å². The van der Waals surface area contributed by atoms with Crippen molar-refractivity contribution in [3.63, 3.8) is 0 Å². The number of nitro groups is 1. The molecule has 7 nitrogen and oxygen atoms in total. The number of aromatic hydroxyl groups is 1. The normalized spacial score (nSPS) is 15.8. The van der Waals surface area contributed by atoms with E-state index in [2.05, 4.69) is 15.4 Å². The van der Waals surface area contributed by atoms with E-state index in [-0.39, 0.29) is 5.69 Å². The molecule has 0 aromatic heterocycles. The van der Waals surface area contributed by atoms with Crippen molar-refractivity contribution in [3.8, 4) is 5.75 Å². The molecule has 0 radical (unpaired) electrons. The standard InChI is InChI=1S/C19H20N4O3/c24-19-14(12-20-21-15-5-7-16(8-6-15)23(25)26)11-13-3-1-9-22-10-2-4-17(19)18(13)22/h5-8,11-12,21,24H,1-4,9-10H2/b20-12+. The summed E-state index contributed by atoms with van der Waals surface area (Å²) >= 11 is 0. The Morgan fingerprint density at radius 3 is 2.65 bits per heavy atom. The van der Waals surface area contributed by atoms with Crippen LogP contribution in [0.25, 0.3) is 0 Å². The van der Waals surface area contributed by atoms with Crippen LogP contribution in [0.4, 0.5) is 17.1 Å². The minimum absolute atomic E-state index is 0.0375. The van der Waals surface area contributed by atoms with Crippen molar-refractivity contribution >= 4 is 23.3 Å². The molecule has 134 valence electrons. The van der Waals surface area contributed by atoms with Gasteiger partial charge in [-0.15, -0.1) is 0 Å². The summed E-state index contributed by atoms with van der Waals surface area (Å²) in [4.78, 5) is 12.6. The molecule has 4 rings (SSSR count). The Hall–Kier alpha value is -3.09. The van der Waals surface area contributed by atoms with Crippen LogP contribution in [0.3, 0.4) is 0 Å². The Morgan fingerprint density at radius 2 is 1.92 bits per heavy atom. The van der Waals surface area contributed by atoms with Gasteiger partial charge >= 0.3 is 0 Å². The number of hydrogen-bond donors (Lipinski definition) is 2. The van der Waals surface area contributed by atoms with E-state index in [1.54, 1.807) is 18.3 Å². The number of non-ortho nitro benzene ring substituents is 1. The van der Waals surface area contributed by atoms with Crippen molar-refractivity contribution in [1.82, 2.24) is 0 Å². The number of anilines is 2. The highest BCUT2D eigenvalue weighted by Crippen LogP contribution is 2.41. The number of nitro benzene ring substituents is 1. The summed E-state index contributed by atoms with van der Waals surface area (Å²) in [7, 11) is 0. The summed E-state index contributed by atoms with van der Waals surface area (Å²) in [5.41, 5.74) is 7.78. The van der Waals surface area contributed by atoms with Gasteiger partial charge in [-0.2, -0.15) is 5.10 Å². The average Bonchev–Trinajstić information content (AvgIpc) is 2.66. The number of aryl methyl sites for hydroxylation is 1. The summed E-state index contributed by atoms with van der Waals surface area (Å²) in [6.45, 7) is 2.13. The zero-order chi connectivity index (χ0) is 18.1. The van der Waals surface area contributed by atoms with Crippen LogP contribution in [0.1, 0.15) is 29.5 Å². The fraction of sp³-hybridized carbons (Fsp3) is 0.316. The van der Waals surface area contributed by atoms with E-state index in [4.69, 9.17) is 0 Å². The topological polar surface area (TPSA) is 91.0 Å². The van der Waals surface area contributed by atoms with Crippen LogP contribution in [0.5, 0.6) is 5.75 Å². The lowest BCUT2D eigenvalue weighted by Crippen LogP contribution is -2.34. The van der Waals surface area contributed by atoms with E-state index in [0.717, 1.165) is 44.3 Å². The van der Waals surface area contributed by atoms with Gasteiger partial charge in [0.2, 0.25) is 0 Å². The Labute approximate surface area is 151 Å². The second-order valence-electron chi connectivity index (χ2n) is 6.67. The van der Waals surface area contributed by atoms with Crippen LogP contribution >= 0.6 is 0 Å². The summed E-state index contributed by atoms with van der Waals surface area (Å²) in [5.74, 6) is 0.310. The summed E-state index contributed by atoms with van der Waals surface area (Å²) in [5, 5.41) is 25.5. The molecule has 0 amide bonds. The van der Waals surface area contributed by atoms with Gasteiger partial charge in [0.25, 0.3) is 5.69 Å². The van der Waals surface area contributed by atoms with Crippen molar-refractivity contribution in [3.05, 3.63) is 57.1 Å². The summed E-state index contributed by atoms with van der Waals surface area (Å²) in [6.07, 6.45) is 5.72. The van der Waals surface area contributed by atoms with Gasteiger partial charge in [0.05, 0.1) is 16.8 Å². The number of benzene rings is 2. The summed E-state index contributed by atoms with van der Waals surface area (Å²) in [6, 6.07) is 8.07. The maximum atomic E-state index is 10.7. The van der Waals surface area contributed by atoms with Crippen LogP contribution in [-0.4, -0.2) is 29.3 Å². The minimum atomic E-state index is -0.437. The van der Waals surface area contributed by atoms with Crippen molar-refractivity contribution in [2.45, 2.75) is 25.7 Å². The SMILES string of the molecule is O=[N+]([O-])c1ccc(N/N=C/c2cc3c4c(c2O)CCCN4CCC3)cc1. The van der Waals surface area contributed by atoms with Gasteiger partial charge in [0.15, 0.2) is 0 Å². The molecule has 0 atom stereocenters. The van der Waals surface area contributed by atoms with Crippen molar-refractivity contribution in [2.75, 3.05) is 23.4 Å². The van der Waals surface area contributed by atoms with Gasteiger partial charge < -0.3 is 10.0 Å². The maximum absolute atomic E-state index is 10.7. The van der Waals surface area contributed by atoms with Crippen LogP contribution in [0.15, 0.2) is 35.4 Å². The number of phenols is 1. The molecular weight excluding hydrogens is 332 g/mol. The number of rotatable bonds is 4. The van der Waals surface area contributed by atoms with Gasteiger partial charge in [-0.25, -0.2) is 0 Å². The zero-order valence-corrected chi connectivity index (χ0v) is 14.3. The third-order valence-electron chi connectivity index (χ3n) is 5.00. The van der Waals surface area contributed by atoms with Gasteiger partial charge in [0.1, 0.15) is 5.75 Å².